The zero-order chi connectivity index (χ0) is 19.6. The predicted molar refractivity (Wildman–Crippen MR) is 87.9 cm³/mol. The first-order valence-electron chi connectivity index (χ1n) is 7.37. The second-order valence-corrected chi connectivity index (χ2v) is 6.73. The number of nitrogens with two attached hydrogens (primary N) is 1. The lowest BCUT2D eigenvalue weighted by molar-refractivity contribution is -0.139. The molecule has 0 bridgehead atoms. The molecule has 2 rings (SSSR count). The number of allylic oxidation sites excluding steroid dienone is 2. The summed E-state index contributed by atoms with van der Waals surface area (Å²) in [6, 6.07) is 4.76. The van der Waals surface area contributed by atoms with E-state index in [0.717, 1.165) is 18.2 Å². The number of carbonyl (C=O) groups excluding carboxylic acids is 1. The number of phenolic OH excluding ortho intramolecular Hbond substituents is 1. The maximum absolute atomic E-state index is 12.4. The molecule has 9 nitrogen and oxygen atoms in total. The second-order valence-electron chi connectivity index (χ2n) is 5.31. The number of hydrogen-bond acceptors (Lipinski definition) is 8. The molecule has 0 spiro atoms. The Kier molecular flexibility index (Phi) is 5.25. The summed E-state index contributed by atoms with van der Waals surface area (Å²) in [7, 11) is -4.58. The molecule has 1 heterocycles. The molecule has 0 aliphatic carbocycles. The van der Waals surface area contributed by atoms with Crippen molar-refractivity contribution in [2.45, 2.75) is 24.7 Å². The van der Waals surface area contributed by atoms with E-state index in [4.69, 9.17) is 15.2 Å². The standard InChI is InChI=1S/C16H16N2O7S/c1-3-24-16(20)13-8(2)25-15(18)11(7-17)14(13)10-6-9(26(21,22)23)4-5-12(10)19/h4-6,14,19H,3,18H2,1-2H3,(H,21,22,23). The Morgan fingerprint density at radius 3 is 2.65 bits per heavy atom. The third-order valence-corrected chi connectivity index (χ3v) is 4.56. The minimum Gasteiger partial charge on any atom is -0.508 e. The lowest BCUT2D eigenvalue weighted by Crippen LogP contribution is -2.25. The molecule has 4 N–H and O–H groups in total. The van der Waals surface area contributed by atoms with Crippen molar-refractivity contribution in [3.8, 4) is 11.8 Å². The van der Waals surface area contributed by atoms with Crippen LogP contribution < -0.4 is 5.73 Å². The van der Waals surface area contributed by atoms with Crippen molar-refractivity contribution < 1.29 is 32.3 Å². The Labute approximate surface area is 149 Å². The Morgan fingerprint density at radius 1 is 1.46 bits per heavy atom. The van der Waals surface area contributed by atoms with Crippen molar-refractivity contribution in [3.63, 3.8) is 0 Å². The fourth-order valence-corrected chi connectivity index (χ4v) is 3.11. The fraction of sp³-hybridized carbons (Fsp3) is 0.250. The molecular weight excluding hydrogens is 364 g/mol. The summed E-state index contributed by atoms with van der Waals surface area (Å²) < 4.78 is 42.3. The van der Waals surface area contributed by atoms with Gasteiger partial charge in [0.25, 0.3) is 10.1 Å². The highest BCUT2D eigenvalue weighted by Gasteiger charge is 2.38. The van der Waals surface area contributed by atoms with Gasteiger partial charge in [0.15, 0.2) is 0 Å². The number of rotatable bonds is 4. The lowest BCUT2D eigenvalue weighted by Gasteiger charge is -2.27. The van der Waals surface area contributed by atoms with Crippen molar-refractivity contribution in [1.82, 2.24) is 0 Å². The summed E-state index contributed by atoms with van der Waals surface area (Å²) in [5.74, 6) is -2.69. The highest BCUT2D eigenvalue weighted by molar-refractivity contribution is 7.85. The molecule has 1 aliphatic heterocycles. The molecule has 138 valence electrons. The summed E-state index contributed by atoms with van der Waals surface area (Å²) in [5.41, 5.74) is 5.28. The molecule has 0 radical (unpaired) electrons. The van der Waals surface area contributed by atoms with Crippen LogP contribution in [0.1, 0.15) is 25.3 Å². The van der Waals surface area contributed by atoms with E-state index in [2.05, 4.69) is 0 Å². The van der Waals surface area contributed by atoms with E-state index in [1.807, 2.05) is 0 Å². The number of phenols is 1. The van der Waals surface area contributed by atoms with Crippen LogP contribution in [0.4, 0.5) is 0 Å². The molecule has 1 aromatic rings. The maximum Gasteiger partial charge on any atom is 0.338 e. The minimum absolute atomic E-state index is 0.0421. The number of benzene rings is 1. The summed E-state index contributed by atoms with van der Waals surface area (Å²) in [6.45, 7) is 3.04. The van der Waals surface area contributed by atoms with Crippen molar-refractivity contribution in [2.24, 2.45) is 5.73 Å². The number of nitriles is 1. The summed E-state index contributed by atoms with van der Waals surface area (Å²) in [4.78, 5) is 11.9. The molecule has 10 heteroatoms. The number of hydrogen-bond donors (Lipinski definition) is 3. The summed E-state index contributed by atoms with van der Waals surface area (Å²) in [5, 5.41) is 19.6. The van der Waals surface area contributed by atoms with Gasteiger partial charge in [0.1, 0.15) is 23.2 Å². The number of nitrogens with zero attached hydrogens (tertiary/aromatic N) is 1. The Morgan fingerprint density at radius 2 is 2.12 bits per heavy atom. The zero-order valence-electron chi connectivity index (χ0n) is 13.9. The average molecular weight is 380 g/mol. The van der Waals surface area contributed by atoms with Gasteiger partial charge in [0, 0.05) is 5.56 Å². The smallest absolute Gasteiger partial charge is 0.338 e. The predicted octanol–water partition coefficient (Wildman–Crippen LogP) is 1.28. The molecular formula is C16H16N2O7S. The highest BCUT2D eigenvalue weighted by atomic mass is 32.2. The number of aromatic hydroxyl groups is 1. The molecule has 1 aromatic carbocycles. The van der Waals surface area contributed by atoms with Crippen LogP contribution in [0, 0.1) is 11.3 Å². The van der Waals surface area contributed by atoms with Crippen molar-refractivity contribution >= 4 is 16.1 Å². The molecule has 1 atom stereocenters. The number of ether oxygens (including phenoxy) is 2. The fourth-order valence-electron chi connectivity index (χ4n) is 2.59. The van der Waals surface area contributed by atoms with Gasteiger partial charge in [-0.05, 0) is 32.0 Å². The van der Waals surface area contributed by atoms with E-state index in [0.29, 0.717) is 0 Å². The molecule has 0 aromatic heterocycles. The van der Waals surface area contributed by atoms with Crippen molar-refractivity contribution in [2.75, 3.05) is 6.61 Å². The van der Waals surface area contributed by atoms with Gasteiger partial charge >= 0.3 is 5.97 Å². The molecule has 0 fully saturated rings. The van der Waals surface area contributed by atoms with Crippen LogP contribution in [-0.2, 0) is 24.4 Å². The lowest BCUT2D eigenvalue weighted by atomic mass is 9.82. The summed E-state index contributed by atoms with van der Waals surface area (Å²) >= 11 is 0. The van der Waals surface area contributed by atoms with Crippen LogP contribution in [0.5, 0.6) is 5.75 Å². The topological polar surface area (TPSA) is 160 Å². The summed E-state index contributed by atoms with van der Waals surface area (Å²) in [6.07, 6.45) is 0. The van der Waals surface area contributed by atoms with Crippen LogP contribution >= 0.6 is 0 Å². The van der Waals surface area contributed by atoms with Gasteiger partial charge < -0.3 is 20.3 Å². The van der Waals surface area contributed by atoms with E-state index in [9.17, 15) is 28.1 Å². The molecule has 1 unspecified atom stereocenters. The van der Waals surface area contributed by atoms with Gasteiger partial charge in [-0.1, -0.05) is 0 Å². The van der Waals surface area contributed by atoms with Gasteiger partial charge in [-0.3, -0.25) is 4.55 Å². The Bertz CT molecular complexity index is 971. The Hall–Kier alpha value is -3.03. The third-order valence-electron chi connectivity index (χ3n) is 3.71. The monoisotopic (exact) mass is 380 g/mol. The van der Waals surface area contributed by atoms with E-state index in [-0.39, 0.29) is 35.0 Å². The SMILES string of the molecule is CCOC(=O)C1=C(C)OC(N)=C(C#N)C1c1cc(S(=O)(=O)O)ccc1O. The van der Waals surface area contributed by atoms with Crippen LogP contribution in [0.2, 0.25) is 0 Å². The van der Waals surface area contributed by atoms with Crippen LogP contribution in [0.3, 0.4) is 0 Å². The third kappa shape index (κ3) is 3.49. The van der Waals surface area contributed by atoms with Crippen molar-refractivity contribution in [3.05, 3.63) is 46.6 Å². The molecule has 0 amide bonds. The highest BCUT2D eigenvalue weighted by Crippen LogP contribution is 2.43. The number of esters is 1. The largest absolute Gasteiger partial charge is 0.508 e. The van der Waals surface area contributed by atoms with Gasteiger partial charge in [-0.2, -0.15) is 13.7 Å². The van der Waals surface area contributed by atoms with E-state index in [1.165, 1.54) is 6.92 Å². The molecule has 0 saturated carbocycles. The van der Waals surface area contributed by atoms with Crippen LogP contribution in [0.15, 0.2) is 45.9 Å². The molecule has 0 saturated heterocycles. The van der Waals surface area contributed by atoms with E-state index >= 15 is 0 Å². The van der Waals surface area contributed by atoms with Gasteiger partial charge in [-0.15, -0.1) is 0 Å². The van der Waals surface area contributed by atoms with Gasteiger partial charge in [0.2, 0.25) is 5.88 Å². The first-order valence-corrected chi connectivity index (χ1v) is 8.81. The normalized spacial score (nSPS) is 17.5. The minimum atomic E-state index is -4.58. The van der Waals surface area contributed by atoms with Crippen molar-refractivity contribution in [1.29, 1.82) is 5.26 Å². The molecule has 1 aliphatic rings. The quantitative estimate of drug-likeness (QED) is 0.516. The average Bonchev–Trinajstić information content (AvgIpc) is 2.53. The van der Waals surface area contributed by atoms with E-state index in [1.54, 1.807) is 13.0 Å². The Balaban J connectivity index is 2.78. The first-order chi connectivity index (χ1) is 12.1. The first kappa shape index (κ1) is 19.3. The van der Waals surface area contributed by atoms with Gasteiger partial charge in [0.05, 0.1) is 23.0 Å². The zero-order valence-corrected chi connectivity index (χ0v) is 14.7. The molecule has 26 heavy (non-hydrogen) atoms. The van der Waals surface area contributed by atoms with Crippen LogP contribution in [0.25, 0.3) is 0 Å². The van der Waals surface area contributed by atoms with Crippen LogP contribution in [-0.4, -0.2) is 30.7 Å². The number of carbonyl (C=O) groups is 1. The van der Waals surface area contributed by atoms with E-state index < -0.39 is 32.7 Å². The maximum atomic E-state index is 12.4. The second kappa shape index (κ2) is 7.07. The van der Waals surface area contributed by atoms with Gasteiger partial charge in [-0.25, -0.2) is 4.79 Å².